The molecule has 0 saturated carbocycles. The van der Waals surface area contributed by atoms with Gasteiger partial charge in [-0.3, -0.25) is 0 Å². The Hall–Kier alpha value is -1.82. The molecule has 0 spiro atoms. The molecule has 1 aromatic carbocycles. The van der Waals surface area contributed by atoms with Gasteiger partial charge >= 0.3 is 0 Å². The molecular weight excluding hydrogens is 202 g/mol. The molecule has 3 nitrogen and oxygen atoms in total. The second-order valence-corrected chi connectivity index (χ2v) is 3.74. The lowest BCUT2D eigenvalue weighted by molar-refractivity contribution is -0.117. The predicted molar refractivity (Wildman–Crippen MR) is 61.3 cm³/mol. The van der Waals surface area contributed by atoms with Crippen LogP contribution in [0.4, 0.5) is 0 Å². The van der Waals surface area contributed by atoms with Crippen molar-refractivity contribution in [3.05, 3.63) is 29.8 Å². The molecule has 0 N–H and O–H groups in total. The molecular formula is C13H15NO2. The number of ketones is 1. The largest absolute Gasteiger partial charge is 0.497 e. The number of benzene rings is 1. The van der Waals surface area contributed by atoms with Crippen LogP contribution in [0.25, 0.3) is 0 Å². The average Bonchev–Trinajstić information content (AvgIpc) is 2.28. The van der Waals surface area contributed by atoms with Crippen molar-refractivity contribution in [2.75, 3.05) is 7.11 Å². The second kappa shape index (κ2) is 5.92. The highest BCUT2D eigenvalue weighted by atomic mass is 16.5. The normalized spacial score (nSPS) is 11.6. The lowest BCUT2D eigenvalue weighted by Gasteiger charge is -2.12. The zero-order valence-electron chi connectivity index (χ0n) is 9.56. The van der Waals surface area contributed by atoms with Gasteiger partial charge in [0.25, 0.3) is 0 Å². The maximum Gasteiger partial charge on any atom is 0.130 e. The number of nitrogens with zero attached hydrogens (tertiary/aromatic N) is 1. The molecule has 3 heteroatoms. The van der Waals surface area contributed by atoms with Crippen molar-refractivity contribution in [1.29, 1.82) is 5.26 Å². The van der Waals surface area contributed by atoms with Gasteiger partial charge in [0.2, 0.25) is 0 Å². The fourth-order valence-electron chi connectivity index (χ4n) is 1.64. The third-order valence-electron chi connectivity index (χ3n) is 2.46. The van der Waals surface area contributed by atoms with Crippen LogP contribution in [-0.2, 0) is 4.79 Å². The summed E-state index contributed by atoms with van der Waals surface area (Å²) in [4.78, 5) is 11.1. The molecule has 0 heterocycles. The molecule has 0 radical (unpaired) electrons. The van der Waals surface area contributed by atoms with Crippen LogP contribution in [0, 0.1) is 11.3 Å². The zero-order valence-corrected chi connectivity index (χ0v) is 9.56. The Morgan fingerprint density at radius 3 is 2.50 bits per heavy atom. The first-order valence-electron chi connectivity index (χ1n) is 5.17. The molecule has 0 fully saturated rings. The third kappa shape index (κ3) is 3.39. The van der Waals surface area contributed by atoms with Crippen molar-refractivity contribution in [2.45, 2.75) is 25.7 Å². The Morgan fingerprint density at radius 2 is 2.06 bits per heavy atom. The van der Waals surface area contributed by atoms with Gasteiger partial charge in [-0.1, -0.05) is 12.1 Å². The third-order valence-corrected chi connectivity index (χ3v) is 2.46. The number of methoxy groups -OCH3 is 1. The molecule has 0 aliphatic carbocycles. The Bertz CT molecular complexity index is 389. The number of nitriles is 1. The lowest BCUT2D eigenvalue weighted by Crippen LogP contribution is -2.03. The fraction of sp³-hybridized carbons (Fsp3) is 0.385. The van der Waals surface area contributed by atoms with Gasteiger partial charge in [-0.15, -0.1) is 0 Å². The Kier molecular flexibility index (Phi) is 4.53. The predicted octanol–water partition coefficient (Wildman–Crippen LogP) is 2.67. The van der Waals surface area contributed by atoms with E-state index in [1.165, 1.54) is 0 Å². The molecule has 1 atom stereocenters. The number of ether oxygens (including phenoxy) is 1. The van der Waals surface area contributed by atoms with E-state index in [1.54, 1.807) is 14.0 Å². The zero-order chi connectivity index (χ0) is 12.0. The molecule has 0 saturated heterocycles. The van der Waals surface area contributed by atoms with E-state index in [1.807, 2.05) is 24.3 Å². The summed E-state index contributed by atoms with van der Waals surface area (Å²) >= 11 is 0. The van der Waals surface area contributed by atoms with Gasteiger partial charge in [-0.05, 0) is 24.6 Å². The van der Waals surface area contributed by atoms with Crippen molar-refractivity contribution in [1.82, 2.24) is 0 Å². The number of rotatable bonds is 5. The maximum atomic E-state index is 11.1. The van der Waals surface area contributed by atoms with Crippen molar-refractivity contribution in [2.24, 2.45) is 0 Å². The molecule has 0 bridgehead atoms. The van der Waals surface area contributed by atoms with Crippen LogP contribution < -0.4 is 4.74 Å². The van der Waals surface area contributed by atoms with E-state index in [2.05, 4.69) is 6.07 Å². The number of carbonyl (C=O) groups is 1. The standard InChI is InChI=1S/C13H15NO2/c1-10(15)9-12(7-8-14)11-3-5-13(16-2)6-4-11/h3-6,12H,7,9H2,1-2H3/t12-/m1/s1. The van der Waals surface area contributed by atoms with Crippen molar-refractivity contribution in [3.8, 4) is 11.8 Å². The van der Waals surface area contributed by atoms with Gasteiger partial charge in [0.15, 0.2) is 0 Å². The maximum absolute atomic E-state index is 11.1. The first-order chi connectivity index (χ1) is 7.67. The van der Waals surface area contributed by atoms with Crippen LogP contribution in [0.1, 0.15) is 31.2 Å². The van der Waals surface area contributed by atoms with Crippen LogP contribution in [0.3, 0.4) is 0 Å². The van der Waals surface area contributed by atoms with Crippen LogP contribution in [0.5, 0.6) is 5.75 Å². The quantitative estimate of drug-likeness (QED) is 0.761. The molecule has 0 unspecified atom stereocenters. The highest BCUT2D eigenvalue weighted by Crippen LogP contribution is 2.25. The van der Waals surface area contributed by atoms with Crippen molar-refractivity contribution < 1.29 is 9.53 Å². The van der Waals surface area contributed by atoms with Gasteiger partial charge in [-0.25, -0.2) is 0 Å². The van der Waals surface area contributed by atoms with Gasteiger partial charge < -0.3 is 9.53 Å². The number of carbonyl (C=O) groups excluding carboxylic acids is 1. The van der Waals surface area contributed by atoms with Crippen LogP contribution in [0.15, 0.2) is 24.3 Å². The SMILES string of the molecule is COc1ccc([C@H](CC#N)CC(C)=O)cc1. The van der Waals surface area contributed by atoms with E-state index in [9.17, 15) is 4.79 Å². The monoisotopic (exact) mass is 217 g/mol. The van der Waals surface area contributed by atoms with Crippen molar-refractivity contribution in [3.63, 3.8) is 0 Å². The van der Waals surface area contributed by atoms with E-state index in [-0.39, 0.29) is 11.7 Å². The fourth-order valence-corrected chi connectivity index (χ4v) is 1.64. The molecule has 84 valence electrons. The molecule has 0 aliphatic rings. The van der Waals surface area contributed by atoms with E-state index in [0.29, 0.717) is 12.8 Å². The number of hydrogen-bond donors (Lipinski definition) is 0. The van der Waals surface area contributed by atoms with Gasteiger partial charge in [0.1, 0.15) is 11.5 Å². The Balaban J connectivity index is 2.84. The minimum Gasteiger partial charge on any atom is -0.497 e. The smallest absolute Gasteiger partial charge is 0.130 e. The van der Waals surface area contributed by atoms with Crippen LogP contribution >= 0.6 is 0 Å². The van der Waals surface area contributed by atoms with Crippen LogP contribution in [0.2, 0.25) is 0 Å². The summed E-state index contributed by atoms with van der Waals surface area (Å²) in [6.45, 7) is 1.55. The first kappa shape index (κ1) is 12.3. The first-order valence-corrected chi connectivity index (χ1v) is 5.17. The summed E-state index contributed by atoms with van der Waals surface area (Å²) in [7, 11) is 1.61. The van der Waals surface area contributed by atoms with E-state index in [0.717, 1.165) is 11.3 Å². The van der Waals surface area contributed by atoms with Gasteiger partial charge in [0, 0.05) is 18.8 Å². The summed E-state index contributed by atoms with van der Waals surface area (Å²) in [6.07, 6.45) is 0.784. The molecule has 0 aliphatic heterocycles. The highest BCUT2D eigenvalue weighted by molar-refractivity contribution is 5.76. The number of Topliss-reactive ketones (excluding diaryl/α,β-unsaturated/α-hetero) is 1. The molecule has 1 aromatic rings. The number of hydrogen-bond acceptors (Lipinski definition) is 3. The van der Waals surface area contributed by atoms with E-state index in [4.69, 9.17) is 10.00 Å². The van der Waals surface area contributed by atoms with Gasteiger partial charge in [0.05, 0.1) is 13.2 Å². The van der Waals surface area contributed by atoms with E-state index >= 15 is 0 Å². The second-order valence-electron chi connectivity index (χ2n) is 3.74. The summed E-state index contributed by atoms with van der Waals surface area (Å²) in [6, 6.07) is 9.62. The minimum absolute atomic E-state index is 0.00611. The molecule has 16 heavy (non-hydrogen) atoms. The topological polar surface area (TPSA) is 50.1 Å². The Labute approximate surface area is 95.7 Å². The Morgan fingerprint density at radius 1 is 1.44 bits per heavy atom. The van der Waals surface area contributed by atoms with Crippen LogP contribution in [-0.4, -0.2) is 12.9 Å². The van der Waals surface area contributed by atoms with E-state index < -0.39 is 0 Å². The highest BCUT2D eigenvalue weighted by Gasteiger charge is 2.13. The minimum atomic E-state index is -0.00611. The molecule has 0 amide bonds. The van der Waals surface area contributed by atoms with Gasteiger partial charge in [-0.2, -0.15) is 5.26 Å². The summed E-state index contributed by atoms with van der Waals surface area (Å²) in [5.74, 6) is 0.881. The molecule has 1 rings (SSSR count). The lowest BCUT2D eigenvalue weighted by atomic mass is 9.91. The summed E-state index contributed by atoms with van der Waals surface area (Å²) in [5.41, 5.74) is 1.01. The molecule has 0 aromatic heterocycles. The average molecular weight is 217 g/mol. The summed E-state index contributed by atoms with van der Waals surface area (Å²) < 4.78 is 5.06. The van der Waals surface area contributed by atoms with Crippen molar-refractivity contribution >= 4 is 5.78 Å². The summed E-state index contributed by atoms with van der Waals surface area (Å²) in [5, 5.41) is 8.73.